The Labute approximate surface area is 77.6 Å². The molecule has 3 heteroatoms. The largest absolute Gasteiger partial charge is 0.390 e. The van der Waals surface area contributed by atoms with Gasteiger partial charge in [-0.3, -0.25) is 0 Å². The van der Waals surface area contributed by atoms with E-state index in [4.69, 9.17) is 5.11 Å². The van der Waals surface area contributed by atoms with Crippen molar-refractivity contribution in [2.45, 2.75) is 6.10 Å². The van der Waals surface area contributed by atoms with Crippen LogP contribution < -0.4 is 0 Å². The van der Waals surface area contributed by atoms with Crippen molar-refractivity contribution in [3.63, 3.8) is 0 Å². The molecule has 0 spiro atoms. The third kappa shape index (κ3) is 4.01. The molecule has 1 saturated heterocycles. The van der Waals surface area contributed by atoms with Crippen molar-refractivity contribution in [1.82, 2.24) is 4.90 Å². The molecule has 2 rings (SSSR count). The quantitative estimate of drug-likeness (QED) is 0.651. The molecule has 0 aromatic heterocycles. The monoisotopic (exact) mass is 183 g/mol. The fourth-order valence-corrected chi connectivity index (χ4v) is 1.08. The van der Waals surface area contributed by atoms with Crippen LogP contribution in [0.4, 0.5) is 4.39 Å². The van der Waals surface area contributed by atoms with Crippen LogP contribution in [0.1, 0.15) is 0 Å². The van der Waals surface area contributed by atoms with Crippen molar-refractivity contribution >= 4 is 0 Å². The Hall–Kier alpha value is -0.930. The van der Waals surface area contributed by atoms with E-state index in [0.29, 0.717) is 0 Å². The van der Waals surface area contributed by atoms with Crippen LogP contribution in [0, 0.1) is 5.82 Å². The maximum Gasteiger partial charge on any atom is 0.123 e. The molecule has 1 heterocycles. The van der Waals surface area contributed by atoms with Gasteiger partial charge in [-0.2, -0.15) is 0 Å². The zero-order valence-corrected chi connectivity index (χ0v) is 7.65. The summed E-state index contributed by atoms with van der Waals surface area (Å²) in [5.74, 6) is -0.178. The van der Waals surface area contributed by atoms with E-state index in [1.54, 1.807) is 18.2 Å². The second-order valence-corrected chi connectivity index (χ2v) is 3.17. The van der Waals surface area contributed by atoms with Gasteiger partial charge in [0, 0.05) is 13.1 Å². The molecule has 0 amide bonds. The van der Waals surface area contributed by atoms with E-state index in [0.717, 1.165) is 13.1 Å². The van der Waals surface area contributed by atoms with Crippen LogP contribution in [0.5, 0.6) is 0 Å². The smallest absolute Gasteiger partial charge is 0.123 e. The number of likely N-dealkylation sites (tertiary alicyclic amines) is 1. The summed E-state index contributed by atoms with van der Waals surface area (Å²) >= 11 is 0. The number of hydrogen-bond acceptors (Lipinski definition) is 2. The van der Waals surface area contributed by atoms with Gasteiger partial charge in [-0.05, 0) is 19.2 Å². The van der Waals surface area contributed by atoms with Crippen LogP contribution in [-0.2, 0) is 0 Å². The molecular formula is C10H14FNO. The Kier molecular flexibility index (Phi) is 3.86. The first-order valence-corrected chi connectivity index (χ1v) is 4.25. The van der Waals surface area contributed by atoms with E-state index in [1.165, 1.54) is 12.1 Å². The lowest BCUT2D eigenvalue weighted by Crippen LogP contribution is -2.47. The number of β-amino-alcohol motifs (C(OH)–C–C–N with tert-alkyl or cyclic N) is 1. The molecule has 0 saturated carbocycles. The standard InChI is InChI=1S/C6H5F.C4H9NO/c7-6-4-2-1-3-5-6;1-5-2-4(6)3-5/h1-5H;4,6H,2-3H2,1H3. The third-order valence-corrected chi connectivity index (χ3v) is 1.78. The lowest BCUT2D eigenvalue weighted by atomic mass is 10.2. The zero-order chi connectivity index (χ0) is 9.68. The Morgan fingerprint density at radius 2 is 1.85 bits per heavy atom. The molecule has 1 fully saturated rings. The van der Waals surface area contributed by atoms with Gasteiger partial charge in [0.05, 0.1) is 6.10 Å². The Morgan fingerprint density at radius 1 is 1.31 bits per heavy atom. The molecule has 0 atom stereocenters. The number of rotatable bonds is 0. The average molecular weight is 183 g/mol. The van der Waals surface area contributed by atoms with Gasteiger partial charge in [0.15, 0.2) is 0 Å². The lowest BCUT2D eigenvalue weighted by Gasteiger charge is -2.31. The van der Waals surface area contributed by atoms with Crippen LogP contribution in [0.15, 0.2) is 30.3 Å². The predicted octanol–water partition coefficient (Wildman–Crippen LogP) is 1.12. The summed E-state index contributed by atoms with van der Waals surface area (Å²) in [6.07, 6.45) is -0.0324. The summed E-state index contributed by atoms with van der Waals surface area (Å²) in [7, 11) is 1.99. The summed E-state index contributed by atoms with van der Waals surface area (Å²) in [5.41, 5.74) is 0. The highest BCUT2D eigenvalue weighted by atomic mass is 19.1. The van der Waals surface area contributed by atoms with Crippen molar-refractivity contribution in [2.24, 2.45) is 0 Å². The molecule has 1 aromatic rings. The lowest BCUT2D eigenvalue weighted by molar-refractivity contribution is 0.0196. The van der Waals surface area contributed by atoms with E-state index in [1.807, 2.05) is 7.05 Å². The molecule has 1 aliphatic heterocycles. The molecule has 1 aromatic carbocycles. The number of hydrogen-bond donors (Lipinski definition) is 1. The topological polar surface area (TPSA) is 23.5 Å². The van der Waals surface area contributed by atoms with Gasteiger partial charge in [-0.1, -0.05) is 18.2 Å². The molecule has 0 bridgehead atoms. The van der Waals surface area contributed by atoms with E-state index in [2.05, 4.69) is 4.90 Å². The minimum Gasteiger partial charge on any atom is -0.390 e. The molecule has 72 valence electrons. The SMILES string of the molecule is CN1CC(O)C1.Fc1ccccc1. The highest BCUT2D eigenvalue weighted by Crippen LogP contribution is 2.00. The van der Waals surface area contributed by atoms with Gasteiger partial charge >= 0.3 is 0 Å². The zero-order valence-electron chi connectivity index (χ0n) is 7.65. The Balaban J connectivity index is 0.000000132. The number of nitrogens with zero attached hydrogens (tertiary/aromatic N) is 1. The van der Waals surface area contributed by atoms with Crippen molar-refractivity contribution in [3.8, 4) is 0 Å². The number of halogens is 1. The predicted molar refractivity (Wildman–Crippen MR) is 49.9 cm³/mol. The summed E-state index contributed by atoms with van der Waals surface area (Å²) in [5, 5.41) is 8.58. The first-order chi connectivity index (χ1) is 6.18. The van der Waals surface area contributed by atoms with Crippen molar-refractivity contribution < 1.29 is 9.50 Å². The van der Waals surface area contributed by atoms with Crippen LogP contribution in [0.3, 0.4) is 0 Å². The van der Waals surface area contributed by atoms with Gasteiger partial charge in [0.2, 0.25) is 0 Å². The highest BCUT2D eigenvalue weighted by molar-refractivity contribution is 5.02. The third-order valence-electron chi connectivity index (χ3n) is 1.78. The molecule has 2 nitrogen and oxygen atoms in total. The van der Waals surface area contributed by atoms with Gasteiger partial charge < -0.3 is 10.0 Å². The first-order valence-electron chi connectivity index (χ1n) is 4.25. The van der Waals surface area contributed by atoms with Crippen LogP contribution in [-0.4, -0.2) is 36.2 Å². The van der Waals surface area contributed by atoms with Gasteiger partial charge in [0.25, 0.3) is 0 Å². The highest BCUT2D eigenvalue weighted by Gasteiger charge is 2.18. The first kappa shape index (κ1) is 10.2. The average Bonchev–Trinajstić information content (AvgIpc) is 2.05. The minimum absolute atomic E-state index is 0.0324. The van der Waals surface area contributed by atoms with Crippen molar-refractivity contribution in [2.75, 3.05) is 20.1 Å². The molecule has 0 aliphatic carbocycles. The molecule has 0 unspecified atom stereocenters. The second kappa shape index (κ2) is 4.94. The van der Waals surface area contributed by atoms with Crippen molar-refractivity contribution in [3.05, 3.63) is 36.1 Å². The summed E-state index contributed by atoms with van der Waals surface area (Å²) in [6, 6.07) is 7.94. The van der Waals surface area contributed by atoms with Crippen LogP contribution >= 0.6 is 0 Å². The second-order valence-electron chi connectivity index (χ2n) is 3.17. The summed E-state index contributed by atoms with van der Waals surface area (Å²) < 4.78 is 11.9. The Bertz CT molecular complexity index is 228. The molecule has 0 radical (unpaired) electrons. The van der Waals surface area contributed by atoms with E-state index >= 15 is 0 Å². The minimum atomic E-state index is -0.178. The molecule has 1 N–H and O–H groups in total. The summed E-state index contributed by atoms with van der Waals surface area (Å²) in [4.78, 5) is 2.07. The fraction of sp³-hybridized carbons (Fsp3) is 0.400. The van der Waals surface area contributed by atoms with E-state index in [9.17, 15) is 4.39 Å². The van der Waals surface area contributed by atoms with E-state index in [-0.39, 0.29) is 11.9 Å². The van der Waals surface area contributed by atoms with Crippen LogP contribution in [0.2, 0.25) is 0 Å². The van der Waals surface area contributed by atoms with Gasteiger partial charge in [0.1, 0.15) is 5.82 Å². The molecule has 1 aliphatic rings. The molecular weight excluding hydrogens is 169 g/mol. The Morgan fingerprint density at radius 3 is 2.00 bits per heavy atom. The number of aliphatic hydroxyl groups is 1. The van der Waals surface area contributed by atoms with Gasteiger partial charge in [-0.25, -0.2) is 4.39 Å². The maximum absolute atomic E-state index is 11.9. The van der Waals surface area contributed by atoms with Crippen molar-refractivity contribution in [1.29, 1.82) is 0 Å². The van der Waals surface area contributed by atoms with Crippen LogP contribution in [0.25, 0.3) is 0 Å². The molecule has 13 heavy (non-hydrogen) atoms. The number of likely N-dealkylation sites (N-methyl/N-ethyl adjacent to an activating group) is 1. The normalized spacial score (nSPS) is 17.2. The maximum atomic E-state index is 11.9. The number of benzene rings is 1. The fourth-order valence-electron chi connectivity index (χ4n) is 1.08. The van der Waals surface area contributed by atoms with E-state index < -0.39 is 0 Å². The number of aliphatic hydroxyl groups excluding tert-OH is 1. The summed E-state index contributed by atoms with van der Waals surface area (Å²) in [6.45, 7) is 1.72. The van der Waals surface area contributed by atoms with Gasteiger partial charge in [-0.15, -0.1) is 0 Å².